The Labute approximate surface area is 104 Å². The van der Waals surface area contributed by atoms with Gasteiger partial charge in [0.2, 0.25) is 0 Å². The topological polar surface area (TPSA) is 78.9 Å². The first-order valence-corrected chi connectivity index (χ1v) is 7.46. The van der Waals surface area contributed by atoms with E-state index in [2.05, 4.69) is 4.83 Å². The van der Waals surface area contributed by atoms with Crippen LogP contribution in [0.1, 0.15) is 4.88 Å². The van der Waals surface area contributed by atoms with Gasteiger partial charge in [0, 0.05) is 18.0 Å². The van der Waals surface area contributed by atoms with Crippen LogP contribution in [0.3, 0.4) is 0 Å². The second-order valence-corrected chi connectivity index (χ2v) is 6.63. The number of hydrogen-bond donors (Lipinski definition) is 2. The molecule has 0 atom stereocenters. The lowest BCUT2D eigenvalue weighted by Gasteiger charge is -2.26. The van der Waals surface area contributed by atoms with Gasteiger partial charge in [-0.2, -0.15) is 0 Å². The zero-order valence-corrected chi connectivity index (χ0v) is 10.8. The third-order valence-electron chi connectivity index (χ3n) is 2.32. The van der Waals surface area contributed by atoms with Crippen LogP contribution in [-0.4, -0.2) is 44.8 Å². The zero-order valence-electron chi connectivity index (χ0n) is 9.13. The maximum absolute atomic E-state index is 12.0. The molecule has 96 valence electrons. The molecule has 0 saturated carbocycles. The zero-order chi connectivity index (χ0) is 12.3. The fraction of sp³-hybridized carbons (Fsp3) is 0.556. The van der Waals surface area contributed by atoms with Gasteiger partial charge < -0.3 is 9.84 Å². The molecule has 1 aromatic heterocycles. The molecular formula is C9H14N2O4S2. The Hall–Kier alpha value is -0.510. The molecule has 0 radical (unpaired) electrons. The SMILES string of the molecule is O=S(=O)(NN1CCOCC1)c1ccc(CO)s1. The number of aliphatic hydroxyl groups excluding tert-OH is 1. The molecule has 2 rings (SSSR count). The second kappa shape index (κ2) is 5.42. The second-order valence-electron chi connectivity index (χ2n) is 3.57. The molecule has 2 N–H and O–H groups in total. The van der Waals surface area contributed by atoms with E-state index in [-0.39, 0.29) is 10.8 Å². The van der Waals surface area contributed by atoms with Crippen LogP contribution in [0.25, 0.3) is 0 Å². The summed E-state index contributed by atoms with van der Waals surface area (Å²) in [7, 11) is -3.52. The molecule has 1 saturated heterocycles. The van der Waals surface area contributed by atoms with Crippen molar-refractivity contribution in [3.63, 3.8) is 0 Å². The summed E-state index contributed by atoms with van der Waals surface area (Å²) in [5, 5.41) is 10.5. The molecule has 0 amide bonds. The molecule has 8 heteroatoms. The number of aliphatic hydroxyl groups is 1. The highest BCUT2D eigenvalue weighted by Gasteiger charge is 2.21. The Bertz CT molecular complexity index is 465. The summed E-state index contributed by atoms with van der Waals surface area (Å²) in [6.07, 6.45) is 0. The van der Waals surface area contributed by atoms with Crippen LogP contribution >= 0.6 is 11.3 Å². The van der Waals surface area contributed by atoms with Gasteiger partial charge in [-0.25, -0.2) is 13.4 Å². The van der Waals surface area contributed by atoms with Crippen molar-refractivity contribution in [2.75, 3.05) is 26.3 Å². The summed E-state index contributed by atoms with van der Waals surface area (Å²) in [6, 6.07) is 3.11. The van der Waals surface area contributed by atoms with Gasteiger partial charge in [0.05, 0.1) is 19.8 Å². The summed E-state index contributed by atoms with van der Waals surface area (Å²) in [5.41, 5.74) is 0. The van der Waals surface area contributed by atoms with E-state index in [0.29, 0.717) is 31.2 Å². The van der Waals surface area contributed by atoms with Gasteiger partial charge in [-0.1, -0.05) is 0 Å². The van der Waals surface area contributed by atoms with Crippen LogP contribution in [0.5, 0.6) is 0 Å². The molecule has 1 aromatic rings. The minimum absolute atomic E-state index is 0.141. The van der Waals surface area contributed by atoms with Crippen LogP contribution < -0.4 is 4.83 Å². The lowest BCUT2D eigenvalue weighted by molar-refractivity contribution is 0.0272. The third-order valence-corrected chi connectivity index (χ3v) is 5.26. The monoisotopic (exact) mass is 278 g/mol. The van der Waals surface area contributed by atoms with Gasteiger partial charge in [-0.05, 0) is 12.1 Å². The first kappa shape index (κ1) is 12.9. The summed E-state index contributed by atoms with van der Waals surface area (Å²) in [6.45, 7) is 1.98. The minimum atomic E-state index is -3.52. The molecule has 0 bridgehead atoms. The smallest absolute Gasteiger partial charge is 0.262 e. The van der Waals surface area contributed by atoms with Crippen LogP contribution in [0.2, 0.25) is 0 Å². The van der Waals surface area contributed by atoms with Crippen molar-refractivity contribution >= 4 is 21.4 Å². The van der Waals surface area contributed by atoms with Crippen LogP contribution in [0.15, 0.2) is 16.3 Å². The third kappa shape index (κ3) is 3.24. The molecule has 1 fully saturated rings. The Morgan fingerprint density at radius 3 is 2.71 bits per heavy atom. The quantitative estimate of drug-likeness (QED) is 0.795. The van der Waals surface area contributed by atoms with Crippen molar-refractivity contribution in [3.05, 3.63) is 17.0 Å². The normalized spacial score (nSPS) is 18.4. The molecule has 0 spiro atoms. The first-order chi connectivity index (χ1) is 8.12. The van der Waals surface area contributed by atoms with E-state index in [9.17, 15) is 8.42 Å². The number of ether oxygens (including phenoxy) is 1. The van der Waals surface area contributed by atoms with Crippen LogP contribution in [0.4, 0.5) is 0 Å². The molecular weight excluding hydrogens is 264 g/mol. The fourth-order valence-corrected chi connectivity index (χ4v) is 3.78. The Morgan fingerprint density at radius 2 is 2.12 bits per heavy atom. The molecule has 6 nitrogen and oxygen atoms in total. The lowest BCUT2D eigenvalue weighted by atomic mass is 10.5. The summed E-state index contributed by atoms with van der Waals surface area (Å²) >= 11 is 1.07. The van der Waals surface area contributed by atoms with Gasteiger partial charge in [-0.15, -0.1) is 16.2 Å². The van der Waals surface area contributed by atoms with E-state index in [4.69, 9.17) is 9.84 Å². The Kier molecular flexibility index (Phi) is 4.13. The van der Waals surface area contributed by atoms with E-state index in [1.807, 2.05) is 0 Å². The van der Waals surface area contributed by atoms with E-state index < -0.39 is 10.0 Å². The van der Waals surface area contributed by atoms with Crippen LogP contribution in [0, 0.1) is 0 Å². The average Bonchev–Trinajstić information content (AvgIpc) is 2.79. The van der Waals surface area contributed by atoms with Gasteiger partial charge >= 0.3 is 0 Å². The molecule has 1 aliphatic heterocycles. The van der Waals surface area contributed by atoms with Gasteiger partial charge in [0.25, 0.3) is 10.0 Å². The number of hydrogen-bond acceptors (Lipinski definition) is 6. The maximum Gasteiger partial charge on any atom is 0.262 e. The highest BCUT2D eigenvalue weighted by atomic mass is 32.2. The van der Waals surface area contributed by atoms with Crippen molar-refractivity contribution in [1.29, 1.82) is 0 Å². The highest BCUT2D eigenvalue weighted by molar-refractivity contribution is 7.91. The number of sulfonamides is 1. The van der Waals surface area contributed by atoms with E-state index in [1.54, 1.807) is 11.1 Å². The molecule has 0 aliphatic carbocycles. The molecule has 2 heterocycles. The first-order valence-electron chi connectivity index (χ1n) is 5.16. The number of nitrogens with zero attached hydrogens (tertiary/aromatic N) is 1. The van der Waals surface area contributed by atoms with Crippen molar-refractivity contribution in [2.45, 2.75) is 10.8 Å². The number of nitrogens with one attached hydrogen (secondary N) is 1. The Morgan fingerprint density at radius 1 is 1.41 bits per heavy atom. The van der Waals surface area contributed by atoms with Crippen molar-refractivity contribution < 1.29 is 18.3 Å². The van der Waals surface area contributed by atoms with Crippen molar-refractivity contribution in [1.82, 2.24) is 9.84 Å². The van der Waals surface area contributed by atoms with Crippen molar-refractivity contribution in [2.24, 2.45) is 0 Å². The van der Waals surface area contributed by atoms with Gasteiger partial charge in [-0.3, -0.25) is 0 Å². The molecule has 0 aromatic carbocycles. The minimum Gasteiger partial charge on any atom is -0.391 e. The predicted molar refractivity (Wildman–Crippen MR) is 63.0 cm³/mol. The van der Waals surface area contributed by atoms with Gasteiger partial charge in [0.15, 0.2) is 0 Å². The van der Waals surface area contributed by atoms with E-state index in [1.165, 1.54) is 6.07 Å². The fourth-order valence-electron chi connectivity index (χ4n) is 1.46. The van der Waals surface area contributed by atoms with E-state index >= 15 is 0 Å². The molecule has 17 heavy (non-hydrogen) atoms. The highest BCUT2D eigenvalue weighted by Crippen LogP contribution is 2.21. The predicted octanol–water partition coefficient (Wildman–Crippen LogP) is -0.234. The summed E-state index contributed by atoms with van der Waals surface area (Å²) < 4.78 is 29.3. The lowest BCUT2D eigenvalue weighted by Crippen LogP contribution is -2.48. The van der Waals surface area contributed by atoms with Crippen LogP contribution in [-0.2, 0) is 21.4 Å². The van der Waals surface area contributed by atoms with Crippen molar-refractivity contribution in [3.8, 4) is 0 Å². The molecule has 1 aliphatic rings. The maximum atomic E-state index is 12.0. The number of thiophene rings is 1. The largest absolute Gasteiger partial charge is 0.391 e. The van der Waals surface area contributed by atoms with Gasteiger partial charge in [0.1, 0.15) is 4.21 Å². The average molecular weight is 278 g/mol. The number of morpholine rings is 1. The number of rotatable bonds is 4. The summed E-state index contributed by atoms with van der Waals surface area (Å²) in [5.74, 6) is 0. The molecule has 0 unspecified atom stereocenters. The standard InChI is InChI=1S/C9H14N2O4S2/c12-7-8-1-2-9(16-8)17(13,14)10-11-3-5-15-6-4-11/h1-2,10,12H,3-7H2. The number of hydrazine groups is 1. The Balaban J connectivity index is 2.07. The van der Waals surface area contributed by atoms with E-state index in [0.717, 1.165) is 11.3 Å². The summed E-state index contributed by atoms with van der Waals surface area (Å²) in [4.78, 5) is 3.14.